The van der Waals surface area contributed by atoms with Crippen LogP contribution in [0.5, 0.6) is 5.88 Å². The molecule has 7 heteroatoms. The van der Waals surface area contributed by atoms with Gasteiger partial charge in [0.05, 0.1) is 11.3 Å². The predicted octanol–water partition coefficient (Wildman–Crippen LogP) is 3.13. The van der Waals surface area contributed by atoms with Crippen molar-refractivity contribution in [3.8, 4) is 17.1 Å². The maximum Gasteiger partial charge on any atom is 0.253 e. The van der Waals surface area contributed by atoms with E-state index >= 15 is 0 Å². The fraction of sp³-hybridized carbons (Fsp3) is 0.333. The van der Waals surface area contributed by atoms with Gasteiger partial charge in [0.25, 0.3) is 5.91 Å². The number of amides is 1. The molecule has 0 aliphatic heterocycles. The van der Waals surface area contributed by atoms with Crippen molar-refractivity contribution < 1.29 is 9.53 Å². The number of nitrogens with one attached hydrogen (secondary N) is 1. The van der Waals surface area contributed by atoms with Gasteiger partial charge in [0.15, 0.2) is 0 Å². The molecule has 7 nitrogen and oxygen atoms in total. The van der Waals surface area contributed by atoms with E-state index in [2.05, 4.69) is 20.4 Å². The van der Waals surface area contributed by atoms with E-state index in [4.69, 9.17) is 4.74 Å². The summed E-state index contributed by atoms with van der Waals surface area (Å²) < 4.78 is 7.63. The average molecular weight is 377 g/mol. The first-order chi connectivity index (χ1) is 13.7. The second-order valence-electron chi connectivity index (χ2n) is 7.01. The summed E-state index contributed by atoms with van der Waals surface area (Å²) in [6.07, 6.45) is 11.7. The number of aryl methyl sites for hydroxylation is 1. The minimum absolute atomic E-state index is 0.175. The number of hydrogen-bond acceptors (Lipinski definition) is 5. The summed E-state index contributed by atoms with van der Waals surface area (Å²) >= 11 is 0. The van der Waals surface area contributed by atoms with Gasteiger partial charge in [0.1, 0.15) is 6.10 Å². The van der Waals surface area contributed by atoms with E-state index in [0.29, 0.717) is 18.0 Å². The smallest absolute Gasteiger partial charge is 0.253 e. The number of hydrogen-bond donors (Lipinski definition) is 1. The van der Waals surface area contributed by atoms with Gasteiger partial charge in [-0.1, -0.05) is 0 Å². The van der Waals surface area contributed by atoms with Gasteiger partial charge in [0.2, 0.25) is 5.88 Å². The first-order valence-electron chi connectivity index (χ1n) is 9.52. The standard InChI is InChI=1S/C21H23N5O2/c1-26-19(8-9-25-26)17-10-15(11-22-13-17)12-24-21(27)16-6-7-20(23-14-16)28-18-4-2-3-5-18/h6-11,13-14,18H,2-5,12H2,1H3,(H,24,27). The van der Waals surface area contributed by atoms with Crippen molar-refractivity contribution >= 4 is 5.91 Å². The van der Waals surface area contributed by atoms with Crippen LogP contribution in [0, 0.1) is 0 Å². The van der Waals surface area contributed by atoms with E-state index in [1.165, 1.54) is 12.8 Å². The Balaban J connectivity index is 1.36. The van der Waals surface area contributed by atoms with Crippen molar-refractivity contribution in [1.82, 2.24) is 25.1 Å². The van der Waals surface area contributed by atoms with Crippen LogP contribution >= 0.6 is 0 Å². The van der Waals surface area contributed by atoms with Crippen LogP contribution in [0.3, 0.4) is 0 Å². The highest BCUT2D eigenvalue weighted by Crippen LogP contribution is 2.23. The monoisotopic (exact) mass is 377 g/mol. The van der Waals surface area contributed by atoms with Crippen molar-refractivity contribution in [2.45, 2.75) is 38.3 Å². The SMILES string of the molecule is Cn1nccc1-c1cncc(CNC(=O)c2ccc(OC3CCCC3)nc2)c1. The lowest BCUT2D eigenvalue weighted by atomic mass is 10.1. The summed E-state index contributed by atoms with van der Waals surface area (Å²) in [6, 6.07) is 7.44. The lowest BCUT2D eigenvalue weighted by molar-refractivity contribution is 0.0950. The largest absolute Gasteiger partial charge is 0.474 e. The van der Waals surface area contributed by atoms with Gasteiger partial charge in [-0.3, -0.25) is 14.5 Å². The predicted molar refractivity (Wildman–Crippen MR) is 105 cm³/mol. The maximum atomic E-state index is 12.4. The zero-order valence-electron chi connectivity index (χ0n) is 15.8. The molecule has 28 heavy (non-hydrogen) atoms. The molecule has 3 aromatic heterocycles. The minimum atomic E-state index is -0.175. The molecule has 0 radical (unpaired) electrons. The molecule has 3 aromatic rings. The summed E-state index contributed by atoms with van der Waals surface area (Å²) in [5.74, 6) is 0.405. The van der Waals surface area contributed by atoms with Crippen LogP contribution in [0.4, 0.5) is 0 Å². The molecule has 1 aliphatic rings. The van der Waals surface area contributed by atoms with Crippen LogP contribution in [-0.2, 0) is 13.6 Å². The van der Waals surface area contributed by atoms with E-state index in [0.717, 1.165) is 29.7 Å². The van der Waals surface area contributed by atoms with E-state index < -0.39 is 0 Å². The fourth-order valence-corrected chi connectivity index (χ4v) is 3.43. The highest BCUT2D eigenvalue weighted by molar-refractivity contribution is 5.93. The van der Waals surface area contributed by atoms with Crippen LogP contribution in [-0.4, -0.2) is 31.8 Å². The summed E-state index contributed by atoms with van der Waals surface area (Å²) in [4.78, 5) is 21.0. The summed E-state index contributed by atoms with van der Waals surface area (Å²) in [7, 11) is 1.89. The van der Waals surface area contributed by atoms with Gasteiger partial charge < -0.3 is 10.1 Å². The number of rotatable bonds is 6. The van der Waals surface area contributed by atoms with Crippen LogP contribution in [0.15, 0.2) is 49.1 Å². The molecule has 1 saturated carbocycles. The van der Waals surface area contributed by atoms with Crippen molar-refractivity contribution in [2.24, 2.45) is 7.05 Å². The number of nitrogens with zero attached hydrogens (tertiary/aromatic N) is 4. The van der Waals surface area contributed by atoms with Gasteiger partial charge in [-0.15, -0.1) is 0 Å². The summed E-state index contributed by atoms with van der Waals surface area (Å²) in [6.45, 7) is 0.387. The van der Waals surface area contributed by atoms with Crippen LogP contribution in [0.1, 0.15) is 41.6 Å². The molecule has 0 unspecified atom stereocenters. The van der Waals surface area contributed by atoms with Gasteiger partial charge in [-0.2, -0.15) is 5.10 Å². The molecule has 1 fully saturated rings. The summed E-state index contributed by atoms with van der Waals surface area (Å²) in [5.41, 5.74) is 3.36. The third-order valence-corrected chi connectivity index (χ3v) is 4.95. The Hall–Kier alpha value is -3.22. The lowest BCUT2D eigenvalue weighted by Crippen LogP contribution is -2.23. The number of aromatic nitrogens is 4. The van der Waals surface area contributed by atoms with Crippen LogP contribution in [0.2, 0.25) is 0 Å². The molecule has 0 aromatic carbocycles. The van der Waals surface area contributed by atoms with E-state index in [9.17, 15) is 4.79 Å². The van der Waals surface area contributed by atoms with Crippen molar-refractivity contribution in [1.29, 1.82) is 0 Å². The zero-order valence-corrected chi connectivity index (χ0v) is 15.8. The topological polar surface area (TPSA) is 81.9 Å². The Morgan fingerprint density at radius 1 is 1.21 bits per heavy atom. The summed E-state index contributed by atoms with van der Waals surface area (Å²) in [5, 5.41) is 7.09. The number of pyridine rings is 2. The number of carbonyl (C=O) groups excluding carboxylic acids is 1. The highest BCUT2D eigenvalue weighted by atomic mass is 16.5. The Labute approximate surface area is 163 Å². The molecule has 0 bridgehead atoms. The van der Waals surface area contributed by atoms with Crippen molar-refractivity contribution in [2.75, 3.05) is 0 Å². The Bertz CT molecular complexity index is 945. The second kappa shape index (κ2) is 8.21. The van der Waals surface area contributed by atoms with Gasteiger partial charge in [-0.25, -0.2) is 4.98 Å². The Morgan fingerprint density at radius 3 is 2.79 bits per heavy atom. The first kappa shape index (κ1) is 18.2. The lowest BCUT2D eigenvalue weighted by Gasteiger charge is -2.12. The third-order valence-electron chi connectivity index (χ3n) is 4.95. The first-order valence-corrected chi connectivity index (χ1v) is 9.52. The van der Waals surface area contributed by atoms with E-state index in [1.807, 2.05) is 19.2 Å². The maximum absolute atomic E-state index is 12.4. The Morgan fingerprint density at radius 2 is 2.07 bits per heavy atom. The molecule has 1 N–H and O–H groups in total. The molecular weight excluding hydrogens is 354 g/mol. The van der Waals surface area contributed by atoms with Gasteiger partial charge in [0, 0.05) is 50.0 Å². The molecule has 1 aliphatic carbocycles. The third kappa shape index (κ3) is 4.19. The normalized spacial score (nSPS) is 14.2. The molecule has 144 valence electrons. The van der Waals surface area contributed by atoms with Gasteiger partial charge in [-0.05, 0) is 49.4 Å². The minimum Gasteiger partial charge on any atom is -0.474 e. The Kier molecular flexibility index (Phi) is 5.32. The quantitative estimate of drug-likeness (QED) is 0.714. The number of carbonyl (C=O) groups is 1. The fourth-order valence-electron chi connectivity index (χ4n) is 3.43. The molecule has 0 atom stereocenters. The van der Waals surface area contributed by atoms with Crippen molar-refractivity contribution in [3.05, 3.63) is 60.2 Å². The van der Waals surface area contributed by atoms with Crippen LogP contribution < -0.4 is 10.1 Å². The molecule has 0 saturated heterocycles. The van der Waals surface area contributed by atoms with E-state index in [1.54, 1.807) is 41.6 Å². The van der Waals surface area contributed by atoms with Crippen molar-refractivity contribution in [3.63, 3.8) is 0 Å². The second-order valence-corrected chi connectivity index (χ2v) is 7.01. The number of ether oxygens (including phenoxy) is 1. The highest BCUT2D eigenvalue weighted by Gasteiger charge is 2.17. The molecule has 4 rings (SSSR count). The molecule has 1 amide bonds. The molecule has 0 spiro atoms. The van der Waals surface area contributed by atoms with Crippen LogP contribution in [0.25, 0.3) is 11.3 Å². The molecular formula is C21H23N5O2. The van der Waals surface area contributed by atoms with Gasteiger partial charge >= 0.3 is 0 Å². The molecule has 3 heterocycles. The average Bonchev–Trinajstić information content (AvgIpc) is 3.38. The van der Waals surface area contributed by atoms with E-state index in [-0.39, 0.29) is 12.0 Å². The zero-order chi connectivity index (χ0) is 19.3.